The fourth-order valence-corrected chi connectivity index (χ4v) is 1.86. The molecule has 2 heterocycles. The van der Waals surface area contributed by atoms with E-state index in [1.54, 1.807) is 18.3 Å². The van der Waals surface area contributed by atoms with Gasteiger partial charge >= 0.3 is 0 Å². The van der Waals surface area contributed by atoms with E-state index in [1.807, 2.05) is 0 Å². The fraction of sp³-hybridized carbons (Fsp3) is 0.538. The maximum Gasteiger partial charge on any atom is 0.253 e. The zero-order valence-corrected chi connectivity index (χ0v) is 10.1. The number of nitrogens with one attached hydrogen (secondary N) is 1. The van der Waals surface area contributed by atoms with Crippen molar-refractivity contribution in [3.63, 3.8) is 0 Å². The topological polar surface area (TPSA) is 60.5 Å². The Balaban J connectivity index is 1.58. The lowest BCUT2D eigenvalue weighted by molar-refractivity contribution is 0.0950. The molecule has 1 atom stereocenters. The van der Waals surface area contributed by atoms with Crippen molar-refractivity contribution in [1.29, 1.82) is 0 Å². The van der Waals surface area contributed by atoms with Gasteiger partial charge in [0.25, 0.3) is 5.91 Å². The second-order valence-corrected chi connectivity index (χ2v) is 4.74. The summed E-state index contributed by atoms with van der Waals surface area (Å²) in [6.07, 6.45) is 4.71. The standard InChI is InChI=1S/C13H16N2O3/c16-13(15-10-2-3-10)9-1-4-12(14-7-9)18-11-5-6-17-8-11/h1,4,7,10-11H,2-3,5-6,8H2,(H,15,16). The van der Waals surface area contributed by atoms with Crippen molar-refractivity contribution in [1.82, 2.24) is 10.3 Å². The third kappa shape index (κ3) is 2.79. The normalized spacial score (nSPS) is 22.8. The van der Waals surface area contributed by atoms with Crippen molar-refractivity contribution in [3.8, 4) is 5.88 Å². The molecular formula is C13H16N2O3. The molecule has 1 aromatic heterocycles. The van der Waals surface area contributed by atoms with Gasteiger partial charge in [-0.2, -0.15) is 0 Å². The van der Waals surface area contributed by atoms with Gasteiger partial charge < -0.3 is 14.8 Å². The number of hydrogen-bond acceptors (Lipinski definition) is 4. The highest BCUT2D eigenvalue weighted by atomic mass is 16.5. The van der Waals surface area contributed by atoms with Crippen molar-refractivity contribution in [2.75, 3.05) is 13.2 Å². The summed E-state index contributed by atoms with van der Waals surface area (Å²) in [6.45, 7) is 1.36. The number of aromatic nitrogens is 1. The minimum atomic E-state index is -0.0549. The molecule has 0 spiro atoms. The fourth-order valence-electron chi connectivity index (χ4n) is 1.86. The van der Waals surface area contributed by atoms with Gasteiger partial charge in [0.05, 0.1) is 18.8 Å². The zero-order chi connectivity index (χ0) is 12.4. The molecule has 1 aliphatic carbocycles. The molecule has 1 saturated heterocycles. The summed E-state index contributed by atoms with van der Waals surface area (Å²) in [7, 11) is 0. The first-order chi connectivity index (χ1) is 8.81. The number of ether oxygens (including phenoxy) is 2. The monoisotopic (exact) mass is 248 g/mol. The molecule has 0 bridgehead atoms. The summed E-state index contributed by atoms with van der Waals surface area (Å²) in [5.74, 6) is 0.495. The van der Waals surface area contributed by atoms with E-state index in [9.17, 15) is 4.79 Å². The second kappa shape index (κ2) is 4.94. The Labute approximate surface area is 105 Å². The quantitative estimate of drug-likeness (QED) is 0.868. The molecule has 1 amide bonds. The van der Waals surface area contributed by atoms with E-state index < -0.39 is 0 Å². The molecule has 2 aliphatic rings. The number of nitrogens with zero attached hydrogens (tertiary/aromatic N) is 1. The average molecular weight is 248 g/mol. The van der Waals surface area contributed by atoms with Crippen LogP contribution in [0.3, 0.4) is 0 Å². The van der Waals surface area contributed by atoms with Crippen LogP contribution in [-0.4, -0.2) is 36.3 Å². The molecule has 18 heavy (non-hydrogen) atoms. The number of rotatable bonds is 4. The molecular weight excluding hydrogens is 232 g/mol. The van der Waals surface area contributed by atoms with Crippen molar-refractivity contribution >= 4 is 5.91 Å². The van der Waals surface area contributed by atoms with Crippen molar-refractivity contribution in [2.45, 2.75) is 31.4 Å². The van der Waals surface area contributed by atoms with Gasteiger partial charge in [-0.05, 0) is 18.9 Å². The van der Waals surface area contributed by atoms with Gasteiger partial charge in [-0.3, -0.25) is 4.79 Å². The van der Waals surface area contributed by atoms with Crippen LogP contribution in [0.1, 0.15) is 29.6 Å². The number of carbonyl (C=O) groups excluding carboxylic acids is 1. The van der Waals surface area contributed by atoms with Crippen LogP contribution in [0, 0.1) is 0 Å². The summed E-state index contributed by atoms with van der Waals surface area (Å²) < 4.78 is 10.9. The smallest absolute Gasteiger partial charge is 0.253 e. The van der Waals surface area contributed by atoms with Crippen molar-refractivity contribution < 1.29 is 14.3 Å². The Morgan fingerprint density at radius 3 is 2.89 bits per heavy atom. The minimum absolute atomic E-state index is 0.0549. The largest absolute Gasteiger partial charge is 0.472 e. The van der Waals surface area contributed by atoms with Crippen LogP contribution >= 0.6 is 0 Å². The van der Waals surface area contributed by atoms with E-state index in [-0.39, 0.29) is 12.0 Å². The van der Waals surface area contributed by atoms with Crippen LogP contribution in [0.5, 0.6) is 5.88 Å². The lowest BCUT2D eigenvalue weighted by atomic mass is 10.2. The van der Waals surface area contributed by atoms with Crippen LogP contribution in [0.2, 0.25) is 0 Å². The zero-order valence-electron chi connectivity index (χ0n) is 10.1. The third-order valence-corrected chi connectivity index (χ3v) is 3.09. The predicted octanol–water partition coefficient (Wildman–Crippen LogP) is 1.14. The van der Waals surface area contributed by atoms with Crippen LogP contribution in [-0.2, 0) is 4.74 Å². The summed E-state index contributed by atoms with van der Waals surface area (Å²) in [6, 6.07) is 3.85. The Kier molecular flexibility index (Phi) is 3.15. The van der Waals surface area contributed by atoms with E-state index in [1.165, 1.54) is 0 Å². The summed E-state index contributed by atoms with van der Waals surface area (Å²) in [4.78, 5) is 15.9. The molecule has 1 saturated carbocycles. The van der Waals surface area contributed by atoms with E-state index in [4.69, 9.17) is 9.47 Å². The molecule has 3 rings (SSSR count). The molecule has 96 valence electrons. The van der Waals surface area contributed by atoms with Gasteiger partial charge in [0, 0.05) is 24.7 Å². The lowest BCUT2D eigenvalue weighted by Crippen LogP contribution is -2.25. The molecule has 1 aromatic rings. The highest BCUT2D eigenvalue weighted by Crippen LogP contribution is 2.20. The van der Waals surface area contributed by atoms with Gasteiger partial charge in [0.15, 0.2) is 0 Å². The molecule has 0 radical (unpaired) electrons. The summed E-state index contributed by atoms with van der Waals surface area (Å²) >= 11 is 0. The van der Waals surface area contributed by atoms with Gasteiger partial charge in [-0.25, -0.2) is 4.98 Å². The van der Waals surface area contributed by atoms with E-state index in [2.05, 4.69) is 10.3 Å². The molecule has 1 unspecified atom stereocenters. The molecule has 5 heteroatoms. The molecule has 0 aromatic carbocycles. The van der Waals surface area contributed by atoms with Gasteiger partial charge in [0.1, 0.15) is 6.10 Å². The lowest BCUT2D eigenvalue weighted by Gasteiger charge is -2.10. The number of hydrogen-bond donors (Lipinski definition) is 1. The van der Waals surface area contributed by atoms with Gasteiger partial charge in [-0.15, -0.1) is 0 Å². The number of pyridine rings is 1. The third-order valence-electron chi connectivity index (χ3n) is 3.09. The van der Waals surface area contributed by atoms with Crippen LogP contribution < -0.4 is 10.1 Å². The molecule has 1 aliphatic heterocycles. The summed E-state index contributed by atoms with van der Waals surface area (Å²) in [5, 5.41) is 2.92. The maximum atomic E-state index is 11.7. The predicted molar refractivity (Wildman–Crippen MR) is 64.6 cm³/mol. The molecule has 1 N–H and O–H groups in total. The van der Waals surface area contributed by atoms with Crippen LogP contribution in [0.25, 0.3) is 0 Å². The first-order valence-electron chi connectivity index (χ1n) is 6.32. The second-order valence-electron chi connectivity index (χ2n) is 4.74. The Morgan fingerprint density at radius 1 is 1.39 bits per heavy atom. The van der Waals surface area contributed by atoms with Crippen molar-refractivity contribution in [3.05, 3.63) is 23.9 Å². The minimum Gasteiger partial charge on any atom is -0.472 e. The number of carbonyl (C=O) groups is 1. The highest BCUT2D eigenvalue weighted by Gasteiger charge is 2.24. The SMILES string of the molecule is O=C(NC1CC1)c1ccc(OC2CCOC2)nc1. The average Bonchev–Trinajstić information content (AvgIpc) is 3.04. The van der Waals surface area contributed by atoms with Gasteiger partial charge in [0.2, 0.25) is 5.88 Å². The van der Waals surface area contributed by atoms with Crippen molar-refractivity contribution in [2.24, 2.45) is 0 Å². The summed E-state index contributed by atoms with van der Waals surface area (Å²) in [5.41, 5.74) is 0.580. The van der Waals surface area contributed by atoms with E-state index in [0.29, 0.717) is 24.1 Å². The van der Waals surface area contributed by atoms with Crippen LogP contribution in [0.4, 0.5) is 0 Å². The maximum absolute atomic E-state index is 11.7. The van der Waals surface area contributed by atoms with Gasteiger partial charge in [-0.1, -0.05) is 0 Å². The Morgan fingerprint density at radius 2 is 2.28 bits per heavy atom. The van der Waals surface area contributed by atoms with E-state index in [0.717, 1.165) is 25.9 Å². The number of amides is 1. The Bertz CT molecular complexity index is 422. The molecule has 2 fully saturated rings. The van der Waals surface area contributed by atoms with Crippen LogP contribution in [0.15, 0.2) is 18.3 Å². The first kappa shape index (κ1) is 11.5. The highest BCUT2D eigenvalue weighted by molar-refractivity contribution is 5.94. The Hall–Kier alpha value is -1.62. The first-order valence-corrected chi connectivity index (χ1v) is 6.32. The van der Waals surface area contributed by atoms with E-state index >= 15 is 0 Å². The molecule has 5 nitrogen and oxygen atoms in total.